The van der Waals surface area contributed by atoms with Gasteiger partial charge in [0.1, 0.15) is 0 Å². The van der Waals surface area contributed by atoms with Crippen molar-refractivity contribution in [1.82, 2.24) is 10.2 Å². The van der Waals surface area contributed by atoms with Gasteiger partial charge in [0, 0.05) is 11.3 Å². The smallest absolute Gasteiger partial charge is 0.440 e. The summed E-state index contributed by atoms with van der Waals surface area (Å²) in [5.74, 6) is 0.573. The molecule has 0 saturated carbocycles. The Kier molecular flexibility index (Phi) is 6.92. The number of phenols is 1. The highest BCUT2D eigenvalue weighted by Gasteiger charge is 2.27. The highest BCUT2D eigenvalue weighted by molar-refractivity contribution is 8.55. The van der Waals surface area contributed by atoms with Crippen molar-refractivity contribution in [2.24, 2.45) is 0 Å². The van der Waals surface area contributed by atoms with E-state index in [4.69, 9.17) is 20.6 Å². The Morgan fingerprint density at radius 1 is 1.33 bits per heavy atom. The summed E-state index contributed by atoms with van der Waals surface area (Å²) in [6.45, 7) is 0.596. The maximum absolute atomic E-state index is 12.7. The SMILES string of the molecule is CCCSP(=O)(OCC)Oc1ccc(-c2ccnnc2Cl)cc1O. The van der Waals surface area contributed by atoms with Crippen molar-refractivity contribution in [3.63, 3.8) is 0 Å². The molecule has 1 aromatic heterocycles. The molecule has 0 fully saturated rings. The Morgan fingerprint density at radius 2 is 2.12 bits per heavy atom. The lowest BCUT2D eigenvalue weighted by Crippen LogP contribution is -1.96. The summed E-state index contributed by atoms with van der Waals surface area (Å²) in [7, 11) is 0. The van der Waals surface area contributed by atoms with Gasteiger partial charge in [-0.1, -0.05) is 24.6 Å². The summed E-state index contributed by atoms with van der Waals surface area (Å²) in [5, 5.41) is 17.9. The molecule has 0 bridgehead atoms. The zero-order chi connectivity index (χ0) is 17.6. The van der Waals surface area contributed by atoms with E-state index < -0.39 is 6.80 Å². The molecule has 1 heterocycles. The van der Waals surface area contributed by atoms with Gasteiger partial charge in [-0.3, -0.25) is 4.52 Å². The van der Waals surface area contributed by atoms with E-state index in [9.17, 15) is 9.67 Å². The molecule has 1 unspecified atom stereocenters. The van der Waals surface area contributed by atoms with Crippen LogP contribution in [-0.4, -0.2) is 27.7 Å². The lowest BCUT2D eigenvalue weighted by molar-refractivity contribution is 0.292. The molecular weight excluding hydrogens is 371 g/mol. The minimum absolute atomic E-state index is 0.0947. The van der Waals surface area contributed by atoms with Gasteiger partial charge in [0.25, 0.3) is 0 Å². The second-order valence-corrected chi connectivity index (χ2v) is 9.18. The van der Waals surface area contributed by atoms with E-state index in [1.165, 1.54) is 18.3 Å². The molecule has 0 amide bonds. The van der Waals surface area contributed by atoms with Crippen LogP contribution >= 0.6 is 29.8 Å². The van der Waals surface area contributed by atoms with Gasteiger partial charge in [-0.25, -0.2) is 4.57 Å². The van der Waals surface area contributed by atoms with Crippen LogP contribution in [0.25, 0.3) is 11.1 Å². The fourth-order valence-corrected chi connectivity index (χ4v) is 5.53. The molecule has 1 N–H and O–H groups in total. The van der Waals surface area contributed by atoms with Crippen LogP contribution in [0.15, 0.2) is 30.5 Å². The topological polar surface area (TPSA) is 81.5 Å². The van der Waals surface area contributed by atoms with Gasteiger partial charge >= 0.3 is 6.80 Å². The maximum Gasteiger partial charge on any atom is 0.440 e. The van der Waals surface area contributed by atoms with Crippen molar-refractivity contribution < 1.29 is 18.7 Å². The van der Waals surface area contributed by atoms with Gasteiger partial charge in [0.05, 0.1) is 12.8 Å². The van der Waals surface area contributed by atoms with Crippen molar-refractivity contribution in [3.8, 4) is 22.6 Å². The van der Waals surface area contributed by atoms with Crippen LogP contribution in [0.2, 0.25) is 5.15 Å². The number of halogens is 1. The van der Waals surface area contributed by atoms with E-state index >= 15 is 0 Å². The number of hydrogen-bond donors (Lipinski definition) is 1. The number of nitrogens with zero attached hydrogens (tertiary/aromatic N) is 2. The molecule has 130 valence electrons. The molecule has 0 aliphatic carbocycles. The summed E-state index contributed by atoms with van der Waals surface area (Å²) in [6, 6.07) is 6.38. The summed E-state index contributed by atoms with van der Waals surface area (Å²) in [6.07, 6.45) is 2.34. The van der Waals surface area contributed by atoms with Gasteiger partial charge in [0.2, 0.25) is 0 Å². The minimum atomic E-state index is -3.37. The van der Waals surface area contributed by atoms with E-state index in [1.54, 1.807) is 19.1 Å². The quantitative estimate of drug-likeness (QED) is 0.624. The Labute approximate surface area is 149 Å². The maximum atomic E-state index is 12.7. The highest BCUT2D eigenvalue weighted by atomic mass is 35.5. The van der Waals surface area contributed by atoms with E-state index in [2.05, 4.69) is 10.2 Å². The number of aromatic hydroxyl groups is 1. The summed E-state index contributed by atoms with van der Waals surface area (Å²) >= 11 is 7.12. The fraction of sp³-hybridized carbons (Fsp3) is 0.333. The third-order valence-corrected chi connectivity index (χ3v) is 7.11. The van der Waals surface area contributed by atoms with E-state index in [-0.39, 0.29) is 23.3 Å². The largest absolute Gasteiger partial charge is 0.504 e. The van der Waals surface area contributed by atoms with Crippen LogP contribution in [0.4, 0.5) is 0 Å². The van der Waals surface area contributed by atoms with Gasteiger partial charge in [-0.15, -0.1) is 5.10 Å². The van der Waals surface area contributed by atoms with Gasteiger partial charge in [-0.2, -0.15) is 5.10 Å². The molecule has 6 nitrogen and oxygen atoms in total. The third kappa shape index (κ3) is 4.86. The Hall–Kier alpha value is -1.27. The summed E-state index contributed by atoms with van der Waals surface area (Å²) in [4.78, 5) is 0. The first-order valence-corrected chi connectivity index (χ1v) is 10.9. The molecule has 2 rings (SSSR count). The van der Waals surface area contributed by atoms with Crippen LogP contribution < -0.4 is 4.52 Å². The van der Waals surface area contributed by atoms with Crippen LogP contribution in [0.3, 0.4) is 0 Å². The molecule has 0 aliphatic heterocycles. The molecule has 0 saturated heterocycles. The molecular formula is C15H18ClN2O4PS. The molecule has 1 aromatic carbocycles. The number of hydrogen-bond acceptors (Lipinski definition) is 7. The van der Waals surface area contributed by atoms with Crippen LogP contribution in [0, 0.1) is 0 Å². The zero-order valence-corrected chi connectivity index (χ0v) is 15.8. The monoisotopic (exact) mass is 388 g/mol. The van der Waals surface area contributed by atoms with Crippen molar-refractivity contribution in [2.45, 2.75) is 20.3 Å². The van der Waals surface area contributed by atoms with Gasteiger partial charge < -0.3 is 9.63 Å². The normalized spacial score (nSPS) is 13.5. The standard InChI is InChI=1S/C15H18ClN2O4PS/c1-3-9-24-23(20,21-4-2)22-14-6-5-11(10-13(14)19)12-7-8-17-18-15(12)16/h5-8,10,19H,3-4,9H2,1-2H3. The number of rotatable bonds is 8. The molecule has 9 heteroatoms. The van der Waals surface area contributed by atoms with Crippen LogP contribution in [-0.2, 0) is 9.09 Å². The predicted octanol–water partition coefficient (Wildman–Crippen LogP) is 5.17. The lowest BCUT2D eigenvalue weighted by Gasteiger charge is -2.18. The predicted molar refractivity (Wildman–Crippen MR) is 96.8 cm³/mol. The second-order valence-electron chi connectivity index (χ2n) is 4.71. The summed E-state index contributed by atoms with van der Waals surface area (Å²) < 4.78 is 23.4. The fourth-order valence-electron chi connectivity index (χ4n) is 1.86. The summed E-state index contributed by atoms with van der Waals surface area (Å²) in [5.41, 5.74) is 1.27. The Bertz CT molecular complexity index is 747. The molecule has 2 aromatic rings. The average molecular weight is 389 g/mol. The van der Waals surface area contributed by atoms with Crippen molar-refractivity contribution >= 4 is 29.8 Å². The zero-order valence-electron chi connectivity index (χ0n) is 13.3. The lowest BCUT2D eigenvalue weighted by atomic mass is 10.1. The molecule has 24 heavy (non-hydrogen) atoms. The van der Waals surface area contributed by atoms with E-state index in [1.807, 2.05) is 6.92 Å². The molecule has 0 spiro atoms. The van der Waals surface area contributed by atoms with E-state index in [0.29, 0.717) is 16.9 Å². The van der Waals surface area contributed by atoms with Crippen LogP contribution in [0.5, 0.6) is 11.5 Å². The van der Waals surface area contributed by atoms with E-state index in [0.717, 1.165) is 17.8 Å². The number of phenolic OH excluding ortho intramolecular Hbond substituents is 1. The Morgan fingerprint density at radius 3 is 2.75 bits per heavy atom. The van der Waals surface area contributed by atoms with Crippen LogP contribution in [0.1, 0.15) is 20.3 Å². The van der Waals surface area contributed by atoms with Gasteiger partial charge in [0.15, 0.2) is 16.7 Å². The second kappa shape index (κ2) is 8.72. The van der Waals surface area contributed by atoms with Crippen molar-refractivity contribution in [1.29, 1.82) is 0 Å². The Balaban J connectivity index is 2.26. The molecule has 0 radical (unpaired) electrons. The van der Waals surface area contributed by atoms with Crippen molar-refractivity contribution in [3.05, 3.63) is 35.6 Å². The number of benzene rings is 1. The van der Waals surface area contributed by atoms with Gasteiger partial charge in [-0.05, 0) is 48.5 Å². The molecule has 0 aliphatic rings. The first kappa shape index (κ1) is 19.1. The minimum Gasteiger partial charge on any atom is -0.504 e. The number of aromatic nitrogens is 2. The highest BCUT2D eigenvalue weighted by Crippen LogP contribution is 2.61. The van der Waals surface area contributed by atoms with Crippen molar-refractivity contribution in [2.75, 3.05) is 12.4 Å². The third-order valence-electron chi connectivity index (χ3n) is 2.90. The molecule has 1 atom stereocenters. The first-order valence-electron chi connectivity index (χ1n) is 7.38. The first-order chi connectivity index (χ1) is 11.5. The average Bonchev–Trinajstić information content (AvgIpc) is 2.56.